The van der Waals surface area contributed by atoms with E-state index in [0.717, 1.165) is 4.90 Å². The van der Waals surface area contributed by atoms with Crippen LogP contribution in [0.4, 0.5) is 13.2 Å². The van der Waals surface area contributed by atoms with Crippen LogP contribution < -0.4 is 5.73 Å². The predicted octanol–water partition coefficient (Wildman–Crippen LogP) is 3.87. The van der Waals surface area contributed by atoms with E-state index in [2.05, 4.69) is 5.10 Å². The topological polar surface area (TPSA) is 43.8 Å². The first-order chi connectivity index (χ1) is 10.3. The zero-order valence-electron chi connectivity index (χ0n) is 12.4. The fraction of sp³-hybridized carbons (Fsp3) is 0.400. The molecule has 1 atom stereocenters. The Kier molecular flexibility index (Phi) is 5.18. The van der Waals surface area contributed by atoms with Crippen LogP contribution in [0.2, 0.25) is 0 Å². The first-order valence-corrected chi connectivity index (χ1v) is 7.76. The van der Waals surface area contributed by atoms with E-state index in [4.69, 9.17) is 5.73 Å². The minimum absolute atomic E-state index is 0.161. The van der Waals surface area contributed by atoms with Crippen LogP contribution in [0.25, 0.3) is 0 Å². The van der Waals surface area contributed by atoms with Gasteiger partial charge in [0.1, 0.15) is 5.03 Å². The molecule has 0 aliphatic heterocycles. The van der Waals surface area contributed by atoms with Gasteiger partial charge in [-0.25, -0.2) is 0 Å². The van der Waals surface area contributed by atoms with Crippen molar-refractivity contribution in [1.82, 2.24) is 9.78 Å². The second kappa shape index (κ2) is 6.75. The van der Waals surface area contributed by atoms with Crippen LogP contribution in [-0.4, -0.2) is 15.8 Å². The molecule has 2 rings (SSSR count). The zero-order chi connectivity index (χ0) is 16.3. The largest absolute Gasteiger partial charge is 0.435 e. The Morgan fingerprint density at radius 2 is 1.91 bits per heavy atom. The van der Waals surface area contributed by atoms with E-state index in [1.54, 1.807) is 0 Å². The monoisotopic (exact) mass is 329 g/mol. The molecule has 120 valence electrons. The van der Waals surface area contributed by atoms with Gasteiger partial charge in [0.15, 0.2) is 5.69 Å². The minimum Gasteiger partial charge on any atom is -0.327 e. The molecule has 0 saturated heterocycles. The maximum Gasteiger partial charge on any atom is 0.435 e. The highest BCUT2D eigenvalue weighted by molar-refractivity contribution is 7.99. The molecule has 2 N–H and O–H groups in total. The summed E-state index contributed by atoms with van der Waals surface area (Å²) in [7, 11) is 1.53. The molecule has 0 spiro atoms. The fourth-order valence-electron chi connectivity index (χ4n) is 2.10. The number of aromatic nitrogens is 2. The van der Waals surface area contributed by atoms with Crippen LogP contribution in [0.3, 0.4) is 0 Å². The van der Waals surface area contributed by atoms with Crippen LogP contribution in [0, 0.1) is 0 Å². The summed E-state index contributed by atoms with van der Waals surface area (Å²) >= 11 is 1.28. The van der Waals surface area contributed by atoms with E-state index in [1.807, 2.05) is 37.3 Å². The van der Waals surface area contributed by atoms with E-state index in [0.29, 0.717) is 11.4 Å². The molecule has 2 aromatic rings. The van der Waals surface area contributed by atoms with Crippen LogP contribution in [-0.2, 0) is 19.6 Å². The maximum atomic E-state index is 13.2. The Labute approximate surface area is 131 Å². The van der Waals surface area contributed by atoms with Crippen molar-refractivity contribution in [3.05, 3.63) is 41.6 Å². The number of benzene rings is 1. The number of nitrogens with zero attached hydrogens (tertiary/aromatic N) is 2. The quantitative estimate of drug-likeness (QED) is 0.905. The Balaban J connectivity index is 2.45. The lowest BCUT2D eigenvalue weighted by molar-refractivity contribution is -0.142. The van der Waals surface area contributed by atoms with Crippen molar-refractivity contribution in [2.24, 2.45) is 12.8 Å². The highest BCUT2D eigenvalue weighted by Crippen LogP contribution is 2.38. The summed E-state index contributed by atoms with van der Waals surface area (Å²) < 4.78 is 40.9. The highest BCUT2D eigenvalue weighted by atomic mass is 32.2. The van der Waals surface area contributed by atoms with Crippen molar-refractivity contribution in [2.45, 2.75) is 41.9 Å². The Morgan fingerprint density at radius 3 is 2.45 bits per heavy atom. The van der Waals surface area contributed by atoms with Gasteiger partial charge in [0.2, 0.25) is 0 Å². The Morgan fingerprint density at radius 1 is 1.27 bits per heavy atom. The van der Waals surface area contributed by atoms with E-state index >= 15 is 0 Å². The fourth-order valence-corrected chi connectivity index (χ4v) is 3.09. The zero-order valence-corrected chi connectivity index (χ0v) is 13.2. The third-order valence-electron chi connectivity index (χ3n) is 3.30. The lowest BCUT2D eigenvalue weighted by atomic mass is 10.1. The van der Waals surface area contributed by atoms with Gasteiger partial charge in [0.25, 0.3) is 0 Å². The second-order valence-electron chi connectivity index (χ2n) is 5.04. The summed E-state index contributed by atoms with van der Waals surface area (Å²) in [6.07, 6.45) is -3.70. The lowest BCUT2D eigenvalue weighted by Gasteiger charge is -2.12. The van der Waals surface area contributed by atoms with Gasteiger partial charge in [0, 0.05) is 23.5 Å². The normalized spacial score (nSPS) is 13.4. The number of halogens is 3. The summed E-state index contributed by atoms with van der Waals surface area (Å²) in [6, 6.07) is 8.95. The van der Waals surface area contributed by atoms with Gasteiger partial charge in [-0.1, -0.05) is 36.9 Å². The van der Waals surface area contributed by atoms with Crippen molar-refractivity contribution in [3.63, 3.8) is 0 Å². The first kappa shape index (κ1) is 16.9. The molecule has 1 aromatic heterocycles. The molecule has 0 aliphatic rings. The van der Waals surface area contributed by atoms with Crippen LogP contribution in [0.1, 0.15) is 24.6 Å². The van der Waals surface area contributed by atoms with Gasteiger partial charge < -0.3 is 5.73 Å². The van der Waals surface area contributed by atoms with Crippen LogP contribution >= 0.6 is 11.8 Å². The summed E-state index contributed by atoms with van der Waals surface area (Å²) in [4.78, 5) is 0.866. The van der Waals surface area contributed by atoms with E-state index in [1.165, 1.54) is 23.5 Å². The number of nitrogens with two attached hydrogens (primary N) is 1. The first-order valence-electron chi connectivity index (χ1n) is 6.94. The number of aryl methyl sites for hydroxylation is 1. The molecule has 22 heavy (non-hydrogen) atoms. The van der Waals surface area contributed by atoms with E-state index < -0.39 is 11.9 Å². The molecule has 1 aromatic carbocycles. The lowest BCUT2D eigenvalue weighted by Crippen LogP contribution is -2.23. The number of alkyl halides is 3. The third kappa shape index (κ3) is 3.84. The predicted molar refractivity (Wildman–Crippen MR) is 80.7 cm³/mol. The molecule has 0 radical (unpaired) electrons. The molecule has 3 nitrogen and oxygen atoms in total. The molecule has 1 unspecified atom stereocenters. The van der Waals surface area contributed by atoms with Crippen LogP contribution in [0.5, 0.6) is 0 Å². The molecule has 0 saturated carbocycles. The molecule has 0 amide bonds. The van der Waals surface area contributed by atoms with Gasteiger partial charge in [-0.05, 0) is 25.0 Å². The summed E-state index contributed by atoms with van der Waals surface area (Å²) in [6.45, 7) is 1.86. The number of hydrogen-bond donors (Lipinski definition) is 1. The van der Waals surface area contributed by atoms with Crippen molar-refractivity contribution in [1.29, 1.82) is 0 Å². The maximum absolute atomic E-state index is 13.2. The van der Waals surface area contributed by atoms with E-state index in [-0.39, 0.29) is 18.0 Å². The van der Waals surface area contributed by atoms with Gasteiger partial charge in [-0.15, -0.1) is 0 Å². The van der Waals surface area contributed by atoms with Crippen molar-refractivity contribution >= 4 is 11.8 Å². The van der Waals surface area contributed by atoms with Gasteiger partial charge >= 0.3 is 6.18 Å². The van der Waals surface area contributed by atoms with Crippen LogP contribution in [0.15, 0.2) is 40.3 Å². The molecular weight excluding hydrogens is 311 g/mol. The standard InChI is InChI=1S/C15H18F3N3S/c1-3-10(19)9-12-13(15(16,17)18)20-21(2)14(12)22-11-7-5-4-6-8-11/h4-8,10H,3,9,19H2,1-2H3. The minimum atomic E-state index is -4.48. The summed E-state index contributed by atoms with van der Waals surface area (Å²) in [5, 5.41) is 4.17. The van der Waals surface area contributed by atoms with Gasteiger partial charge in [-0.2, -0.15) is 18.3 Å². The van der Waals surface area contributed by atoms with Crippen molar-refractivity contribution in [2.75, 3.05) is 0 Å². The number of hydrogen-bond acceptors (Lipinski definition) is 3. The van der Waals surface area contributed by atoms with Gasteiger partial charge in [-0.3, -0.25) is 4.68 Å². The molecular formula is C15H18F3N3S. The Bertz CT molecular complexity index is 623. The SMILES string of the molecule is CCC(N)Cc1c(C(F)(F)F)nn(C)c1Sc1ccccc1. The molecule has 7 heteroatoms. The molecule has 1 heterocycles. The smallest absolute Gasteiger partial charge is 0.327 e. The third-order valence-corrected chi connectivity index (χ3v) is 4.52. The highest BCUT2D eigenvalue weighted by Gasteiger charge is 2.39. The molecule has 0 bridgehead atoms. The van der Waals surface area contributed by atoms with Crippen molar-refractivity contribution in [3.8, 4) is 0 Å². The molecule has 0 aliphatic carbocycles. The average molecular weight is 329 g/mol. The molecule has 0 fully saturated rings. The van der Waals surface area contributed by atoms with E-state index in [9.17, 15) is 13.2 Å². The average Bonchev–Trinajstić information content (AvgIpc) is 2.77. The summed E-state index contributed by atoms with van der Waals surface area (Å²) in [5.74, 6) is 0. The second-order valence-corrected chi connectivity index (χ2v) is 6.10. The Hall–Kier alpha value is -1.47. The number of rotatable bonds is 5. The summed E-state index contributed by atoms with van der Waals surface area (Å²) in [5.41, 5.74) is 5.22. The van der Waals surface area contributed by atoms with Gasteiger partial charge in [0.05, 0.1) is 0 Å². The van der Waals surface area contributed by atoms with Crippen molar-refractivity contribution < 1.29 is 13.2 Å².